The molecule has 0 bridgehead atoms. The highest BCUT2D eigenvalue weighted by molar-refractivity contribution is 5.85. The third-order valence-electron chi connectivity index (χ3n) is 3.65. The van der Waals surface area contributed by atoms with Crippen LogP contribution in [0.3, 0.4) is 0 Å². The van der Waals surface area contributed by atoms with Crippen molar-refractivity contribution in [1.29, 1.82) is 0 Å². The van der Waals surface area contributed by atoms with E-state index >= 15 is 0 Å². The van der Waals surface area contributed by atoms with E-state index in [1.807, 2.05) is 0 Å². The van der Waals surface area contributed by atoms with E-state index in [2.05, 4.69) is 17.1 Å². The molecule has 0 spiro atoms. The molecule has 1 aliphatic heterocycles. The molecule has 0 radical (unpaired) electrons. The van der Waals surface area contributed by atoms with Gasteiger partial charge in [0, 0.05) is 43.9 Å². The summed E-state index contributed by atoms with van der Waals surface area (Å²) in [7, 11) is 0. The highest BCUT2D eigenvalue weighted by Gasteiger charge is 2.25. The van der Waals surface area contributed by atoms with Crippen molar-refractivity contribution >= 4 is 30.5 Å². The van der Waals surface area contributed by atoms with Gasteiger partial charge < -0.3 is 16.2 Å². The van der Waals surface area contributed by atoms with Gasteiger partial charge in [-0.2, -0.15) is 0 Å². The molecular formula is C14H24Cl2FN3O. The Bertz CT molecular complexity index is 442. The van der Waals surface area contributed by atoms with Crippen molar-refractivity contribution in [3.63, 3.8) is 0 Å². The van der Waals surface area contributed by atoms with Crippen LogP contribution in [0.1, 0.15) is 31.4 Å². The second kappa shape index (κ2) is 9.30. The summed E-state index contributed by atoms with van der Waals surface area (Å²) < 4.78 is 13.6. The van der Waals surface area contributed by atoms with Gasteiger partial charge in [-0.05, 0) is 12.5 Å². The number of piperazine rings is 1. The molecule has 0 unspecified atom stereocenters. The normalized spacial score (nSPS) is 16.7. The Kier molecular flexibility index (Phi) is 8.97. The molecule has 0 saturated carbocycles. The largest absolute Gasteiger partial charge is 0.505 e. The number of nitrogens with two attached hydrogens (primary N) is 1. The first-order valence-electron chi connectivity index (χ1n) is 6.86. The minimum atomic E-state index is -0.387. The Morgan fingerprint density at radius 1 is 1.33 bits per heavy atom. The van der Waals surface area contributed by atoms with E-state index in [0.29, 0.717) is 5.56 Å². The van der Waals surface area contributed by atoms with Crippen LogP contribution in [0.15, 0.2) is 12.1 Å². The van der Waals surface area contributed by atoms with Gasteiger partial charge in [-0.15, -0.1) is 24.8 Å². The number of phenolic OH excluding ortho intramolecular Hbond substituents is 1. The van der Waals surface area contributed by atoms with Crippen molar-refractivity contribution in [3.8, 4) is 5.75 Å². The van der Waals surface area contributed by atoms with E-state index in [1.54, 1.807) is 0 Å². The lowest BCUT2D eigenvalue weighted by Gasteiger charge is -2.35. The number of nitrogens with one attached hydrogen (secondary N) is 1. The fourth-order valence-electron chi connectivity index (χ4n) is 2.70. The third kappa shape index (κ3) is 4.88. The van der Waals surface area contributed by atoms with Crippen LogP contribution in [0.5, 0.6) is 5.75 Å². The zero-order valence-electron chi connectivity index (χ0n) is 12.1. The van der Waals surface area contributed by atoms with Gasteiger partial charge in [-0.25, -0.2) is 4.39 Å². The number of aromatic hydroxyl groups is 1. The van der Waals surface area contributed by atoms with Gasteiger partial charge in [-0.3, -0.25) is 4.90 Å². The molecule has 1 atom stereocenters. The molecule has 2 rings (SSSR count). The summed E-state index contributed by atoms with van der Waals surface area (Å²) in [4.78, 5) is 2.29. The van der Waals surface area contributed by atoms with E-state index in [0.717, 1.165) is 39.0 Å². The number of rotatable bonds is 4. The van der Waals surface area contributed by atoms with Crippen LogP contribution in [-0.4, -0.2) is 36.2 Å². The van der Waals surface area contributed by atoms with Crippen molar-refractivity contribution in [2.75, 3.05) is 31.9 Å². The maximum Gasteiger partial charge on any atom is 0.143 e. The Balaban J connectivity index is 0.00000200. The standard InChI is InChI=1S/C14H22FN3O.2ClH/c1-2-3-13(18-6-4-17-5-7-18)11-8-10(15)9-12(16)14(11)19;;/h8-9,13,17,19H,2-7,16H2,1H3;2*1H/t13-;;/m1../s1. The molecule has 1 saturated heterocycles. The monoisotopic (exact) mass is 339 g/mol. The number of anilines is 1. The van der Waals surface area contributed by atoms with E-state index in [1.165, 1.54) is 12.1 Å². The number of benzene rings is 1. The number of hydrogen-bond donors (Lipinski definition) is 3. The summed E-state index contributed by atoms with van der Waals surface area (Å²) in [5, 5.41) is 13.4. The lowest BCUT2D eigenvalue weighted by molar-refractivity contribution is 0.162. The number of nitrogen functional groups attached to an aromatic ring is 1. The van der Waals surface area contributed by atoms with E-state index in [-0.39, 0.29) is 48.1 Å². The molecule has 1 aromatic carbocycles. The Morgan fingerprint density at radius 2 is 1.95 bits per heavy atom. The van der Waals surface area contributed by atoms with Crippen LogP contribution in [0.4, 0.5) is 10.1 Å². The smallest absolute Gasteiger partial charge is 0.143 e. The second-order valence-corrected chi connectivity index (χ2v) is 5.02. The molecule has 21 heavy (non-hydrogen) atoms. The average Bonchev–Trinajstić information content (AvgIpc) is 2.41. The summed E-state index contributed by atoms with van der Waals surface area (Å²) in [6.07, 6.45) is 1.86. The average molecular weight is 340 g/mol. The zero-order valence-corrected chi connectivity index (χ0v) is 13.8. The summed E-state index contributed by atoms with van der Waals surface area (Å²) in [5.74, 6) is -0.361. The Hall–Kier alpha value is -0.750. The predicted octanol–water partition coefficient (Wildman–Crippen LogP) is 2.70. The number of nitrogens with zero attached hydrogens (tertiary/aromatic N) is 1. The van der Waals surface area contributed by atoms with Crippen molar-refractivity contribution in [2.24, 2.45) is 0 Å². The van der Waals surface area contributed by atoms with Crippen molar-refractivity contribution in [2.45, 2.75) is 25.8 Å². The number of phenols is 1. The minimum Gasteiger partial charge on any atom is -0.505 e. The minimum absolute atomic E-state index is 0. The zero-order chi connectivity index (χ0) is 13.8. The van der Waals surface area contributed by atoms with Crippen LogP contribution >= 0.6 is 24.8 Å². The first-order chi connectivity index (χ1) is 9.13. The molecule has 0 aromatic heterocycles. The molecule has 4 N–H and O–H groups in total. The molecule has 1 aromatic rings. The molecule has 1 aliphatic rings. The predicted molar refractivity (Wildman–Crippen MR) is 89.1 cm³/mol. The fourth-order valence-corrected chi connectivity index (χ4v) is 2.70. The van der Waals surface area contributed by atoms with E-state index in [9.17, 15) is 9.50 Å². The van der Waals surface area contributed by atoms with Gasteiger partial charge in [-0.1, -0.05) is 13.3 Å². The first kappa shape index (κ1) is 20.2. The fraction of sp³-hybridized carbons (Fsp3) is 0.571. The lowest BCUT2D eigenvalue weighted by atomic mass is 9.98. The third-order valence-corrected chi connectivity index (χ3v) is 3.65. The molecule has 7 heteroatoms. The van der Waals surface area contributed by atoms with Gasteiger partial charge in [0.2, 0.25) is 0 Å². The molecule has 122 valence electrons. The maximum absolute atomic E-state index is 13.6. The van der Waals surface area contributed by atoms with Gasteiger partial charge in [0.15, 0.2) is 0 Å². The number of hydrogen-bond acceptors (Lipinski definition) is 4. The summed E-state index contributed by atoms with van der Waals surface area (Å²) >= 11 is 0. The maximum atomic E-state index is 13.6. The highest BCUT2D eigenvalue weighted by Crippen LogP contribution is 2.36. The van der Waals surface area contributed by atoms with E-state index in [4.69, 9.17) is 5.73 Å². The number of halogens is 3. The topological polar surface area (TPSA) is 61.5 Å². The molecule has 4 nitrogen and oxygen atoms in total. The van der Waals surface area contributed by atoms with Crippen molar-refractivity contribution in [1.82, 2.24) is 10.2 Å². The summed E-state index contributed by atoms with van der Waals surface area (Å²) in [6, 6.07) is 2.61. The van der Waals surface area contributed by atoms with Crippen LogP contribution < -0.4 is 11.1 Å². The molecular weight excluding hydrogens is 316 g/mol. The second-order valence-electron chi connectivity index (χ2n) is 5.02. The van der Waals surface area contributed by atoms with Crippen LogP contribution in [0.25, 0.3) is 0 Å². The molecule has 0 amide bonds. The Labute approximate surface area is 137 Å². The van der Waals surface area contributed by atoms with Gasteiger partial charge in [0.1, 0.15) is 11.6 Å². The van der Waals surface area contributed by atoms with Gasteiger partial charge in [0.05, 0.1) is 5.69 Å². The highest BCUT2D eigenvalue weighted by atomic mass is 35.5. The molecule has 1 fully saturated rings. The summed E-state index contributed by atoms with van der Waals surface area (Å²) in [6.45, 7) is 5.74. The molecule has 1 heterocycles. The van der Waals surface area contributed by atoms with Crippen LogP contribution in [0.2, 0.25) is 0 Å². The van der Waals surface area contributed by atoms with E-state index < -0.39 is 0 Å². The SMILES string of the molecule is CCC[C@H](c1cc(F)cc(N)c1O)N1CCNCC1.Cl.Cl. The lowest BCUT2D eigenvalue weighted by Crippen LogP contribution is -2.45. The van der Waals surface area contributed by atoms with Crippen LogP contribution in [-0.2, 0) is 0 Å². The first-order valence-corrected chi connectivity index (χ1v) is 6.86. The van der Waals surface area contributed by atoms with Crippen molar-refractivity contribution < 1.29 is 9.50 Å². The van der Waals surface area contributed by atoms with Gasteiger partial charge in [0.25, 0.3) is 0 Å². The molecule has 0 aliphatic carbocycles. The quantitative estimate of drug-likeness (QED) is 0.583. The van der Waals surface area contributed by atoms with Crippen molar-refractivity contribution in [3.05, 3.63) is 23.5 Å². The Morgan fingerprint density at radius 3 is 2.52 bits per heavy atom. The van der Waals surface area contributed by atoms with Gasteiger partial charge >= 0.3 is 0 Å². The van der Waals surface area contributed by atoms with Crippen LogP contribution in [0, 0.1) is 5.82 Å². The summed E-state index contributed by atoms with van der Waals surface area (Å²) in [5.41, 5.74) is 6.39.